The number of carbonyl (C=O) groups excluding carboxylic acids is 3. The van der Waals surface area contributed by atoms with Gasteiger partial charge in [-0.1, -0.05) is 67.1 Å². The molecule has 4 rings (SSSR count). The molecule has 174 valence electrons. The van der Waals surface area contributed by atoms with Gasteiger partial charge in [0.2, 0.25) is 5.91 Å². The van der Waals surface area contributed by atoms with Crippen molar-refractivity contribution in [2.75, 3.05) is 19.8 Å². The number of benzene rings is 2. The van der Waals surface area contributed by atoms with Gasteiger partial charge in [-0.05, 0) is 25.0 Å². The van der Waals surface area contributed by atoms with Crippen LogP contribution in [0.25, 0.3) is 0 Å². The number of ether oxygens (including phenoxy) is 3. The standard InChI is InChI=1S/C26H29NO6/c1-4-31-24(29)26(16-19-8-6-5-7-9-19)18(3)21(23(28)27-14-15-32-25(27)30)22(33-26)20-12-10-17(2)11-13-20/h5-13,18,21-22H,4,14-16H2,1-3H3/t18-,21-,22-,26-/m0/s1. The average Bonchev–Trinajstić information content (AvgIpc) is 3.36. The first-order valence-electron chi connectivity index (χ1n) is 11.3. The highest BCUT2D eigenvalue weighted by Crippen LogP contribution is 2.51. The number of imide groups is 1. The number of aryl methyl sites for hydroxylation is 1. The van der Waals surface area contributed by atoms with Crippen LogP contribution in [0.3, 0.4) is 0 Å². The zero-order valence-electron chi connectivity index (χ0n) is 19.2. The van der Waals surface area contributed by atoms with Crippen LogP contribution >= 0.6 is 0 Å². The van der Waals surface area contributed by atoms with Gasteiger partial charge in [0.1, 0.15) is 6.61 Å². The van der Waals surface area contributed by atoms with E-state index in [2.05, 4.69) is 0 Å². The van der Waals surface area contributed by atoms with E-state index in [9.17, 15) is 14.4 Å². The Morgan fingerprint density at radius 1 is 1.12 bits per heavy atom. The molecule has 0 radical (unpaired) electrons. The summed E-state index contributed by atoms with van der Waals surface area (Å²) < 4.78 is 17.0. The molecular weight excluding hydrogens is 422 g/mol. The molecule has 2 heterocycles. The Balaban J connectivity index is 1.79. The van der Waals surface area contributed by atoms with Crippen LogP contribution in [0, 0.1) is 18.8 Å². The lowest BCUT2D eigenvalue weighted by molar-refractivity contribution is -0.174. The van der Waals surface area contributed by atoms with Crippen molar-refractivity contribution in [2.45, 2.75) is 38.9 Å². The predicted octanol–water partition coefficient (Wildman–Crippen LogP) is 3.84. The van der Waals surface area contributed by atoms with Gasteiger partial charge in [-0.25, -0.2) is 14.5 Å². The maximum absolute atomic E-state index is 13.6. The Labute approximate surface area is 193 Å². The normalized spacial score (nSPS) is 26.8. The van der Waals surface area contributed by atoms with Crippen LogP contribution in [0.5, 0.6) is 0 Å². The molecule has 33 heavy (non-hydrogen) atoms. The van der Waals surface area contributed by atoms with E-state index in [0.717, 1.165) is 21.6 Å². The molecule has 7 nitrogen and oxygen atoms in total. The second-order valence-electron chi connectivity index (χ2n) is 8.64. The molecule has 4 atom stereocenters. The summed E-state index contributed by atoms with van der Waals surface area (Å²) in [5.74, 6) is -2.21. The number of hydrogen-bond acceptors (Lipinski definition) is 6. The third kappa shape index (κ3) is 4.25. The van der Waals surface area contributed by atoms with Gasteiger partial charge in [-0.15, -0.1) is 0 Å². The summed E-state index contributed by atoms with van der Waals surface area (Å²) in [6.07, 6.45) is -1.12. The topological polar surface area (TPSA) is 82.1 Å². The summed E-state index contributed by atoms with van der Waals surface area (Å²) in [7, 11) is 0. The van der Waals surface area contributed by atoms with E-state index in [1.165, 1.54) is 0 Å². The van der Waals surface area contributed by atoms with Gasteiger partial charge in [0.25, 0.3) is 0 Å². The molecule has 0 spiro atoms. The van der Waals surface area contributed by atoms with Gasteiger partial charge in [0.15, 0.2) is 5.60 Å². The van der Waals surface area contributed by atoms with Crippen molar-refractivity contribution in [3.8, 4) is 0 Å². The molecular formula is C26H29NO6. The number of cyclic esters (lactones) is 1. The van der Waals surface area contributed by atoms with Crippen molar-refractivity contribution >= 4 is 18.0 Å². The third-order valence-corrected chi connectivity index (χ3v) is 6.59. The first kappa shape index (κ1) is 23.0. The molecule has 0 saturated carbocycles. The van der Waals surface area contributed by atoms with E-state index in [4.69, 9.17) is 14.2 Å². The largest absolute Gasteiger partial charge is 0.464 e. The quantitative estimate of drug-likeness (QED) is 0.621. The maximum Gasteiger partial charge on any atom is 0.416 e. The van der Waals surface area contributed by atoms with Gasteiger partial charge in [0.05, 0.1) is 25.2 Å². The molecule has 0 unspecified atom stereocenters. The summed E-state index contributed by atoms with van der Waals surface area (Å²) >= 11 is 0. The second kappa shape index (κ2) is 9.35. The van der Waals surface area contributed by atoms with Crippen molar-refractivity contribution < 1.29 is 28.6 Å². The lowest BCUT2D eigenvalue weighted by Crippen LogP contribution is -2.49. The maximum atomic E-state index is 13.6. The summed E-state index contributed by atoms with van der Waals surface area (Å²) in [5.41, 5.74) is 1.36. The summed E-state index contributed by atoms with van der Waals surface area (Å²) in [4.78, 5) is 40.4. The number of amides is 2. The SMILES string of the molecule is CCOC(=O)[C@@]1(Cc2ccccc2)O[C@@H](c2ccc(C)cc2)[C@@H](C(=O)N2CCOC2=O)[C@@H]1C. The molecule has 7 heteroatoms. The Hall–Kier alpha value is -3.19. The predicted molar refractivity (Wildman–Crippen MR) is 120 cm³/mol. The highest BCUT2D eigenvalue weighted by molar-refractivity contribution is 5.96. The van der Waals surface area contributed by atoms with Crippen LogP contribution in [0.15, 0.2) is 54.6 Å². The molecule has 2 amide bonds. The fraction of sp³-hybridized carbons (Fsp3) is 0.423. The van der Waals surface area contributed by atoms with Crippen molar-refractivity contribution in [1.82, 2.24) is 4.90 Å². The third-order valence-electron chi connectivity index (χ3n) is 6.59. The van der Waals surface area contributed by atoms with Gasteiger partial charge < -0.3 is 14.2 Å². The van der Waals surface area contributed by atoms with Gasteiger partial charge in [0, 0.05) is 12.3 Å². The molecule has 2 aliphatic rings. The number of carbonyl (C=O) groups is 3. The Bertz CT molecular complexity index is 1020. The first-order valence-corrected chi connectivity index (χ1v) is 11.3. The number of nitrogens with zero attached hydrogens (tertiary/aromatic N) is 1. The molecule has 0 N–H and O–H groups in total. The van der Waals surface area contributed by atoms with E-state index in [-0.39, 0.29) is 26.2 Å². The van der Waals surface area contributed by atoms with Gasteiger partial charge in [-0.2, -0.15) is 0 Å². The molecule has 0 aromatic heterocycles. The highest BCUT2D eigenvalue weighted by Gasteiger charge is 2.61. The Kier molecular flexibility index (Phi) is 6.51. The zero-order chi connectivity index (χ0) is 23.6. The van der Waals surface area contributed by atoms with Crippen LogP contribution in [-0.2, 0) is 30.2 Å². The number of esters is 1. The van der Waals surface area contributed by atoms with Crippen molar-refractivity contribution in [3.05, 3.63) is 71.3 Å². The van der Waals surface area contributed by atoms with Crippen LogP contribution in [-0.4, -0.2) is 48.2 Å². The minimum absolute atomic E-state index is 0.161. The summed E-state index contributed by atoms with van der Waals surface area (Å²) in [5, 5.41) is 0. The molecule has 2 saturated heterocycles. The van der Waals surface area contributed by atoms with Crippen LogP contribution in [0.4, 0.5) is 4.79 Å². The monoisotopic (exact) mass is 451 g/mol. The van der Waals surface area contributed by atoms with Crippen molar-refractivity contribution in [1.29, 1.82) is 0 Å². The van der Waals surface area contributed by atoms with Crippen LogP contribution < -0.4 is 0 Å². The first-order chi connectivity index (χ1) is 15.9. The number of rotatable bonds is 6. The summed E-state index contributed by atoms with van der Waals surface area (Å²) in [6.45, 7) is 6.09. The zero-order valence-corrected chi connectivity index (χ0v) is 19.2. The lowest BCUT2D eigenvalue weighted by Gasteiger charge is -2.31. The van der Waals surface area contributed by atoms with Crippen LogP contribution in [0.1, 0.15) is 36.6 Å². The lowest BCUT2D eigenvalue weighted by atomic mass is 9.76. The molecule has 0 aliphatic carbocycles. The van der Waals surface area contributed by atoms with Gasteiger partial charge >= 0.3 is 12.1 Å². The smallest absolute Gasteiger partial charge is 0.416 e. The minimum Gasteiger partial charge on any atom is -0.464 e. The molecule has 2 aromatic rings. The Morgan fingerprint density at radius 3 is 2.42 bits per heavy atom. The fourth-order valence-electron chi connectivity index (χ4n) is 4.77. The summed E-state index contributed by atoms with van der Waals surface area (Å²) in [6, 6.07) is 17.2. The molecule has 2 aliphatic heterocycles. The highest BCUT2D eigenvalue weighted by atomic mass is 16.6. The van der Waals surface area contributed by atoms with E-state index in [1.807, 2.05) is 68.4 Å². The number of hydrogen-bond donors (Lipinski definition) is 0. The minimum atomic E-state index is -1.38. The van der Waals surface area contributed by atoms with E-state index in [1.54, 1.807) is 6.92 Å². The van der Waals surface area contributed by atoms with E-state index >= 15 is 0 Å². The van der Waals surface area contributed by atoms with Crippen molar-refractivity contribution in [2.24, 2.45) is 11.8 Å². The van der Waals surface area contributed by atoms with Crippen LogP contribution in [0.2, 0.25) is 0 Å². The van der Waals surface area contributed by atoms with Gasteiger partial charge in [-0.3, -0.25) is 4.79 Å². The Morgan fingerprint density at radius 2 is 1.82 bits per heavy atom. The molecule has 2 aromatic carbocycles. The second-order valence-corrected chi connectivity index (χ2v) is 8.64. The van der Waals surface area contributed by atoms with Crippen molar-refractivity contribution in [3.63, 3.8) is 0 Å². The molecule has 0 bridgehead atoms. The van der Waals surface area contributed by atoms with E-state index < -0.39 is 41.5 Å². The molecule has 2 fully saturated rings. The fourth-order valence-corrected chi connectivity index (χ4v) is 4.77. The van der Waals surface area contributed by atoms with E-state index in [0.29, 0.717) is 0 Å². The average molecular weight is 452 g/mol.